The first-order valence-corrected chi connectivity index (χ1v) is 10.0. The molecule has 0 spiro atoms. The van der Waals surface area contributed by atoms with E-state index >= 15 is 0 Å². The lowest BCUT2D eigenvalue weighted by atomic mass is 10.2. The van der Waals surface area contributed by atoms with E-state index in [-0.39, 0.29) is 11.6 Å². The first-order valence-electron chi connectivity index (χ1n) is 10.0. The Morgan fingerprint density at radius 1 is 1.23 bits per heavy atom. The summed E-state index contributed by atoms with van der Waals surface area (Å²) < 4.78 is 7.15. The quantitative estimate of drug-likeness (QED) is 0.510. The summed E-state index contributed by atoms with van der Waals surface area (Å²) in [6, 6.07) is 11.4. The number of amides is 1. The molecule has 156 valence electrons. The first kappa shape index (κ1) is 19.8. The van der Waals surface area contributed by atoms with E-state index in [9.17, 15) is 14.9 Å². The summed E-state index contributed by atoms with van der Waals surface area (Å²) in [7, 11) is 0. The molecule has 1 aliphatic heterocycles. The van der Waals surface area contributed by atoms with Crippen LogP contribution in [0.3, 0.4) is 0 Å². The molecule has 3 aromatic rings. The molecule has 0 atom stereocenters. The monoisotopic (exact) mass is 410 g/mol. The number of rotatable bonds is 5. The van der Waals surface area contributed by atoms with Gasteiger partial charge >= 0.3 is 0 Å². The minimum Gasteiger partial charge on any atom is -0.460 e. The Morgan fingerprint density at radius 2 is 2.00 bits per heavy atom. The molecule has 1 N–H and O–H groups in total. The van der Waals surface area contributed by atoms with Gasteiger partial charge in [-0.05, 0) is 32.0 Å². The molecule has 1 aromatic carbocycles. The Kier molecular flexibility index (Phi) is 5.37. The molecule has 1 fully saturated rings. The van der Waals surface area contributed by atoms with Crippen LogP contribution in [0.15, 0.2) is 46.9 Å². The van der Waals surface area contributed by atoms with Crippen molar-refractivity contribution >= 4 is 11.6 Å². The predicted octanol–water partition coefficient (Wildman–Crippen LogP) is 1.71. The van der Waals surface area contributed by atoms with Gasteiger partial charge in [0.05, 0.1) is 43.3 Å². The largest absolute Gasteiger partial charge is 0.460 e. The van der Waals surface area contributed by atoms with Gasteiger partial charge in [0, 0.05) is 18.2 Å². The molecule has 0 bridgehead atoms. The van der Waals surface area contributed by atoms with E-state index in [0.717, 1.165) is 25.4 Å². The topological polar surface area (TPSA) is 98.8 Å². The number of nitro groups is 1. The molecule has 0 aliphatic carbocycles. The molecule has 2 aromatic heterocycles. The van der Waals surface area contributed by atoms with Gasteiger partial charge in [-0.25, -0.2) is 4.68 Å². The molecular weight excluding hydrogens is 386 g/mol. The minimum absolute atomic E-state index is 0.0584. The molecule has 4 rings (SSSR count). The van der Waals surface area contributed by atoms with Crippen molar-refractivity contribution in [2.45, 2.75) is 13.8 Å². The molecule has 1 aliphatic rings. The smallest absolute Gasteiger partial charge is 0.273 e. The number of quaternary nitrogens is 1. The van der Waals surface area contributed by atoms with Crippen molar-refractivity contribution in [3.8, 4) is 17.1 Å². The minimum atomic E-state index is -0.460. The Morgan fingerprint density at radius 3 is 2.63 bits per heavy atom. The Hall–Kier alpha value is -3.46. The highest BCUT2D eigenvalue weighted by atomic mass is 16.6. The maximum Gasteiger partial charge on any atom is 0.273 e. The van der Waals surface area contributed by atoms with E-state index < -0.39 is 4.92 Å². The van der Waals surface area contributed by atoms with Gasteiger partial charge in [0.2, 0.25) is 0 Å². The number of non-ortho nitro benzene ring substituents is 1. The van der Waals surface area contributed by atoms with Crippen LogP contribution >= 0.6 is 0 Å². The first-order chi connectivity index (χ1) is 14.5. The molecule has 1 amide bonds. The van der Waals surface area contributed by atoms with Gasteiger partial charge in [0.1, 0.15) is 17.1 Å². The van der Waals surface area contributed by atoms with E-state index in [2.05, 4.69) is 12.0 Å². The van der Waals surface area contributed by atoms with Crippen LogP contribution in [0, 0.1) is 17.0 Å². The zero-order valence-corrected chi connectivity index (χ0v) is 17.0. The molecule has 9 nitrogen and oxygen atoms in total. The fourth-order valence-electron chi connectivity index (χ4n) is 3.70. The number of carbonyl (C=O) groups excluding carboxylic acids is 1. The third kappa shape index (κ3) is 3.84. The van der Waals surface area contributed by atoms with E-state index in [1.807, 2.05) is 17.9 Å². The molecule has 0 radical (unpaired) electrons. The number of nitro benzene ring substituents is 1. The van der Waals surface area contributed by atoms with Crippen molar-refractivity contribution in [1.29, 1.82) is 0 Å². The average Bonchev–Trinajstić information content (AvgIpc) is 3.40. The Balaban J connectivity index is 1.74. The maximum absolute atomic E-state index is 13.3. The predicted molar refractivity (Wildman–Crippen MR) is 110 cm³/mol. The van der Waals surface area contributed by atoms with Gasteiger partial charge in [-0.3, -0.25) is 14.9 Å². The van der Waals surface area contributed by atoms with E-state index in [4.69, 9.17) is 4.42 Å². The standard InChI is InChI=1S/C21H23N5O4/c1-3-23-9-11-24(12-10-23)21(27)19-14-18(20-8-7-15(2)30-20)22-25(19)16-5-4-6-17(13-16)26(28)29/h4-8,13-14H,3,9-12H2,1-2H3/p+1. The van der Waals surface area contributed by atoms with Gasteiger partial charge in [0.15, 0.2) is 5.76 Å². The number of piperazine rings is 1. The number of aryl methyl sites for hydroxylation is 1. The summed E-state index contributed by atoms with van der Waals surface area (Å²) >= 11 is 0. The highest BCUT2D eigenvalue weighted by molar-refractivity contribution is 5.94. The van der Waals surface area contributed by atoms with Crippen LogP contribution in [0.5, 0.6) is 0 Å². The molecule has 0 saturated carbocycles. The fraction of sp³-hybridized carbons (Fsp3) is 0.333. The molecule has 9 heteroatoms. The van der Waals surface area contributed by atoms with Gasteiger partial charge in [-0.2, -0.15) is 5.10 Å². The lowest BCUT2D eigenvalue weighted by Gasteiger charge is -2.31. The third-order valence-electron chi connectivity index (χ3n) is 5.46. The Labute approximate surface area is 173 Å². The van der Waals surface area contributed by atoms with Crippen molar-refractivity contribution in [1.82, 2.24) is 14.7 Å². The zero-order valence-electron chi connectivity index (χ0n) is 17.0. The van der Waals surface area contributed by atoms with E-state index in [0.29, 0.717) is 35.9 Å². The van der Waals surface area contributed by atoms with E-state index in [1.165, 1.54) is 21.7 Å². The summed E-state index contributed by atoms with van der Waals surface area (Å²) in [6.45, 7) is 8.14. The lowest BCUT2D eigenvalue weighted by molar-refractivity contribution is -0.902. The van der Waals surface area contributed by atoms with Crippen molar-refractivity contribution in [2.24, 2.45) is 0 Å². The fourth-order valence-corrected chi connectivity index (χ4v) is 3.70. The van der Waals surface area contributed by atoms with Crippen molar-refractivity contribution < 1.29 is 19.0 Å². The van der Waals surface area contributed by atoms with Crippen molar-refractivity contribution in [3.63, 3.8) is 0 Å². The summed E-state index contributed by atoms with van der Waals surface area (Å²) in [5.41, 5.74) is 1.27. The summed E-state index contributed by atoms with van der Waals surface area (Å²) in [6.07, 6.45) is 0. The van der Waals surface area contributed by atoms with Crippen molar-refractivity contribution in [2.75, 3.05) is 32.7 Å². The second-order valence-electron chi connectivity index (χ2n) is 7.41. The van der Waals surface area contributed by atoms with Crippen LogP contribution in [0.25, 0.3) is 17.1 Å². The molecule has 0 unspecified atom stereocenters. The second-order valence-corrected chi connectivity index (χ2v) is 7.41. The van der Waals surface area contributed by atoms with Crippen LogP contribution in [0.1, 0.15) is 23.2 Å². The lowest BCUT2D eigenvalue weighted by Crippen LogP contribution is -3.14. The number of benzene rings is 1. The number of aromatic nitrogens is 2. The van der Waals surface area contributed by atoms with Crippen LogP contribution in [-0.4, -0.2) is 58.2 Å². The van der Waals surface area contributed by atoms with Gasteiger partial charge in [-0.15, -0.1) is 0 Å². The highest BCUT2D eigenvalue weighted by Crippen LogP contribution is 2.26. The van der Waals surface area contributed by atoms with Gasteiger partial charge in [-0.1, -0.05) is 6.07 Å². The number of nitrogens with one attached hydrogen (secondary N) is 1. The van der Waals surface area contributed by atoms with Crippen LogP contribution in [0.2, 0.25) is 0 Å². The zero-order chi connectivity index (χ0) is 21.3. The number of hydrogen-bond donors (Lipinski definition) is 1. The number of furan rings is 1. The van der Waals surface area contributed by atoms with Gasteiger partial charge in [0.25, 0.3) is 11.6 Å². The molecule has 1 saturated heterocycles. The Bertz CT molecular complexity index is 1080. The highest BCUT2D eigenvalue weighted by Gasteiger charge is 2.28. The van der Waals surface area contributed by atoms with Crippen LogP contribution < -0.4 is 4.90 Å². The summed E-state index contributed by atoms with van der Waals surface area (Å²) in [5.74, 6) is 1.14. The second kappa shape index (κ2) is 8.11. The summed E-state index contributed by atoms with van der Waals surface area (Å²) in [4.78, 5) is 27.4. The molecular formula is C21H24N5O4+. The average molecular weight is 410 g/mol. The summed E-state index contributed by atoms with van der Waals surface area (Å²) in [5, 5.41) is 15.8. The molecule has 30 heavy (non-hydrogen) atoms. The SMILES string of the molecule is CC[NH+]1CCN(C(=O)c2cc(-c3ccc(C)o3)nn2-c2cccc([N+](=O)[O-])c2)CC1. The van der Waals surface area contributed by atoms with Crippen molar-refractivity contribution in [3.05, 3.63) is 64.0 Å². The normalized spacial score (nSPS) is 14.8. The van der Waals surface area contributed by atoms with Gasteiger partial charge < -0.3 is 14.2 Å². The number of carbonyl (C=O) groups is 1. The maximum atomic E-state index is 13.3. The number of likely N-dealkylation sites (N-methyl/N-ethyl adjacent to an activating group) is 1. The third-order valence-corrected chi connectivity index (χ3v) is 5.46. The molecule has 3 heterocycles. The van der Waals surface area contributed by atoms with Crippen LogP contribution in [-0.2, 0) is 0 Å². The van der Waals surface area contributed by atoms with Crippen LogP contribution in [0.4, 0.5) is 5.69 Å². The number of hydrogen-bond acceptors (Lipinski definition) is 5. The number of nitrogens with zero attached hydrogens (tertiary/aromatic N) is 4. The van der Waals surface area contributed by atoms with E-state index in [1.54, 1.807) is 24.3 Å².